The maximum atomic E-state index is 11.6. The summed E-state index contributed by atoms with van der Waals surface area (Å²) >= 11 is 0. The molecule has 0 spiro atoms. The highest BCUT2D eigenvalue weighted by Gasteiger charge is 2.15. The molecule has 0 aliphatic carbocycles. The van der Waals surface area contributed by atoms with Gasteiger partial charge >= 0.3 is 0 Å². The number of rotatable bonds is 4. The minimum absolute atomic E-state index is 0.169. The highest BCUT2D eigenvalue weighted by atomic mass is 16.1. The molecule has 2 aromatic rings. The van der Waals surface area contributed by atoms with Gasteiger partial charge in [0.25, 0.3) is 5.56 Å². The van der Waals surface area contributed by atoms with E-state index in [-0.39, 0.29) is 11.0 Å². The topological polar surface area (TPSA) is 83.8 Å². The summed E-state index contributed by atoms with van der Waals surface area (Å²) in [5.74, 6) is 0. The molecule has 0 bridgehead atoms. The molecule has 102 valence electrons. The van der Waals surface area contributed by atoms with Crippen LogP contribution >= 0.6 is 0 Å². The smallest absolute Gasteiger partial charge is 0.258 e. The summed E-state index contributed by atoms with van der Waals surface area (Å²) in [5, 5.41) is 3.85. The summed E-state index contributed by atoms with van der Waals surface area (Å²) in [5.41, 5.74) is 8.05. The van der Waals surface area contributed by atoms with Crippen LogP contribution in [-0.4, -0.2) is 16.5 Å². The largest absolute Gasteiger partial charge is 0.397 e. The first-order valence-electron chi connectivity index (χ1n) is 6.44. The second-order valence-electron chi connectivity index (χ2n) is 5.56. The standard InChI is InChI=1S/C14H20N4O/c1-4-14(2,3)7-16-12-6-11-9(5-10(12)15)13(19)18-8-17-11/h5-6,8,16H,4,7,15H2,1-3H3,(H,17,18,19). The molecule has 0 aliphatic rings. The number of nitrogens with zero attached hydrogens (tertiary/aromatic N) is 1. The van der Waals surface area contributed by atoms with Crippen LogP contribution in [0.2, 0.25) is 0 Å². The van der Waals surface area contributed by atoms with E-state index in [1.54, 1.807) is 6.07 Å². The number of nitrogen functional groups attached to an aromatic ring is 1. The zero-order valence-electron chi connectivity index (χ0n) is 11.6. The van der Waals surface area contributed by atoms with Crippen LogP contribution in [0.4, 0.5) is 11.4 Å². The van der Waals surface area contributed by atoms with Crippen molar-refractivity contribution in [3.63, 3.8) is 0 Å². The van der Waals surface area contributed by atoms with E-state index in [4.69, 9.17) is 5.73 Å². The summed E-state index contributed by atoms with van der Waals surface area (Å²) in [6, 6.07) is 3.49. The van der Waals surface area contributed by atoms with Gasteiger partial charge in [-0.05, 0) is 24.0 Å². The number of anilines is 2. The Labute approximate surface area is 112 Å². The Hall–Kier alpha value is -2.04. The molecule has 0 saturated heterocycles. The third-order valence-corrected chi connectivity index (χ3v) is 3.53. The van der Waals surface area contributed by atoms with E-state index in [1.165, 1.54) is 6.33 Å². The molecule has 2 rings (SSSR count). The normalized spacial score (nSPS) is 11.7. The van der Waals surface area contributed by atoms with Gasteiger partial charge in [0.2, 0.25) is 0 Å². The maximum absolute atomic E-state index is 11.6. The Bertz CT molecular complexity index is 645. The third-order valence-electron chi connectivity index (χ3n) is 3.53. The van der Waals surface area contributed by atoms with E-state index >= 15 is 0 Å². The van der Waals surface area contributed by atoms with E-state index in [9.17, 15) is 4.79 Å². The minimum atomic E-state index is -0.169. The van der Waals surface area contributed by atoms with E-state index in [1.807, 2.05) is 6.07 Å². The second kappa shape index (κ2) is 4.91. The number of nitrogens with two attached hydrogens (primary N) is 1. The van der Waals surface area contributed by atoms with Gasteiger partial charge in [-0.25, -0.2) is 4.98 Å². The van der Waals surface area contributed by atoms with Crippen LogP contribution in [0, 0.1) is 5.41 Å². The molecule has 0 saturated carbocycles. The van der Waals surface area contributed by atoms with Crippen molar-refractivity contribution >= 4 is 22.3 Å². The number of fused-ring (bicyclic) bond motifs is 1. The molecule has 1 aromatic heterocycles. The van der Waals surface area contributed by atoms with Gasteiger partial charge in [0.15, 0.2) is 0 Å². The number of aromatic amines is 1. The van der Waals surface area contributed by atoms with E-state index in [2.05, 4.69) is 36.1 Å². The number of hydrogen-bond acceptors (Lipinski definition) is 4. The van der Waals surface area contributed by atoms with Crippen LogP contribution in [0.1, 0.15) is 27.2 Å². The van der Waals surface area contributed by atoms with Crippen molar-refractivity contribution in [1.29, 1.82) is 0 Å². The monoisotopic (exact) mass is 260 g/mol. The zero-order chi connectivity index (χ0) is 14.0. The number of hydrogen-bond donors (Lipinski definition) is 3. The molecule has 0 radical (unpaired) electrons. The molecular weight excluding hydrogens is 240 g/mol. The molecule has 19 heavy (non-hydrogen) atoms. The number of nitrogens with one attached hydrogen (secondary N) is 2. The lowest BCUT2D eigenvalue weighted by molar-refractivity contribution is 0.377. The molecule has 4 N–H and O–H groups in total. The molecule has 1 aromatic carbocycles. The predicted molar refractivity (Wildman–Crippen MR) is 79.3 cm³/mol. The quantitative estimate of drug-likeness (QED) is 0.737. The molecule has 1 heterocycles. The Morgan fingerprint density at radius 2 is 2.16 bits per heavy atom. The van der Waals surface area contributed by atoms with E-state index in [0.29, 0.717) is 16.6 Å². The van der Waals surface area contributed by atoms with Gasteiger partial charge < -0.3 is 16.0 Å². The van der Waals surface area contributed by atoms with Gasteiger partial charge in [0.1, 0.15) is 0 Å². The fraction of sp³-hybridized carbons (Fsp3) is 0.429. The summed E-state index contributed by atoms with van der Waals surface area (Å²) in [6.45, 7) is 7.37. The molecule has 0 unspecified atom stereocenters. The van der Waals surface area contributed by atoms with Crippen molar-refractivity contribution in [3.8, 4) is 0 Å². The molecule has 0 amide bonds. The molecule has 0 fully saturated rings. The second-order valence-corrected chi connectivity index (χ2v) is 5.56. The minimum Gasteiger partial charge on any atom is -0.397 e. The number of H-pyrrole nitrogens is 1. The third kappa shape index (κ3) is 2.86. The van der Waals surface area contributed by atoms with Crippen LogP contribution < -0.4 is 16.6 Å². The van der Waals surface area contributed by atoms with Crippen LogP contribution in [0.25, 0.3) is 10.9 Å². The maximum Gasteiger partial charge on any atom is 0.258 e. The first-order valence-corrected chi connectivity index (χ1v) is 6.44. The summed E-state index contributed by atoms with van der Waals surface area (Å²) in [7, 11) is 0. The van der Waals surface area contributed by atoms with Gasteiger partial charge in [0, 0.05) is 6.54 Å². The Morgan fingerprint density at radius 1 is 1.42 bits per heavy atom. The van der Waals surface area contributed by atoms with Gasteiger partial charge in [-0.3, -0.25) is 4.79 Å². The summed E-state index contributed by atoms with van der Waals surface area (Å²) in [6.07, 6.45) is 2.48. The fourth-order valence-electron chi connectivity index (χ4n) is 1.74. The molecule has 5 heteroatoms. The van der Waals surface area contributed by atoms with Crippen LogP contribution in [0.15, 0.2) is 23.3 Å². The van der Waals surface area contributed by atoms with Crippen LogP contribution in [0.3, 0.4) is 0 Å². The SMILES string of the molecule is CCC(C)(C)CNc1cc2nc[nH]c(=O)c2cc1N. The van der Waals surface area contributed by atoms with Crippen molar-refractivity contribution in [3.05, 3.63) is 28.8 Å². The van der Waals surface area contributed by atoms with Gasteiger partial charge in [-0.15, -0.1) is 0 Å². The number of benzene rings is 1. The zero-order valence-corrected chi connectivity index (χ0v) is 11.6. The Morgan fingerprint density at radius 3 is 2.84 bits per heavy atom. The molecule has 0 atom stereocenters. The highest BCUT2D eigenvalue weighted by molar-refractivity contribution is 5.88. The average Bonchev–Trinajstić information content (AvgIpc) is 2.38. The first-order chi connectivity index (χ1) is 8.93. The van der Waals surface area contributed by atoms with Crippen LogP contribution in [-0.2, 0) is 0 Å². The van der Waals surface area contributed by atoms with E-state index in [0.717, 1.165) is 18.7 Å². The Kier molecular flexibility index (Phi) is 3.46. The fourth-order valence-corrected chi connectivity index (χ4v) is 1.74. The molecule has 5 nitrogen and oxygen atoms in total. The van der Waals surface area contributed by atoms with Crippen molar-refractivity contribution in [2.24, 2.45) is 5.41 Å². The first kappa shape index (κ1) is 13.4. The lowest BCUT2D eigenvalue weighted by atomic mass is 9.90. The van der Waals surface area contributed by atoms with Crippen LogP contribution in [0.5, 0.6) is 0 Å². The van der Waals surface area contributed by atoms with Crippen molar-refractivity contribution in [1.82, 2.24) is 9.97 Å². The number of aromatic nitrogens is 2. The van der Waals surface area contributed by atoms with Gasteiger partial charge in [-0.2, -0.15) is 0 Å². The van der Waals surface area contributed by atoms with Gasteiger partial charge in [-0.1, -0.05) is 20.8 Å². The summed E-state index contributed by atoms with van der Waals surface area (Å²) < 4.78 is 0. The lowest BCUT2D eigenvalue weighted by Crippen LogP contribution is -2.22. The van der Waals surface area contributed by atoms with Gasteiger partial charge in [0.05, 0.1) is 28.6 Å². The highest BCUT2D eigenvalue weighted by Crippen LogP contribution is 2.26. The molecular formula is C14H20N4O. The average molecular weight is 260 g/mol. The van der Waals surface area contributed by atoms with E-state index < -0.39 is 0 Å². The Balaban J connectivity index is 2.35. The van der Waals surface area contributed by atoms with Crippen molar-refractivity contribution in [2.75, 3.05) is 17.6 Å². The van der Waals surface area contributed by atoms with Crippen molar-refractivity contribution in [2.45, 2.75) is 27.2 Å². The summed E-state index contributed by atoms with van der Waals surface area (Å²) in [4.78, 5) is 18.3. The predicted octanol–water partition coefficient (Wildman–Crippen LogP) is 2.35. The van der Waals surface area contributed by atoms with Crippen molar-refractivity contribution < 1.29 is 0 Å². The molecule has 0 aliphatic heterocycles. The lowest BCUT2D eigenvalue weighted by Gasteiger charge is -2.24.